The Morgan fingerprint density at radius 1 is 0.917 bits per heavy atom. The van der Waals surface area contributed by atoms with Gasteiger partial charge in [-0.25, -0.2) is 0 Å². The highest BCUT2D eigenvalue weighted by Crippen LogP contribution is 2.40. The average molecular weight is 315 g/mol. The molecule has 1 atom stereocenters. The lowest BCUT2D eigenvalue weighted by Crippen LogP contribution is -2.39. The van der Waals surface area contributed by atoms with Crippen molar-refractivity contribution in [3.8, 4) is 0 Å². The van der Waals surface area contributed by atoms with Crippen molar-refractivity contribution < 1.29 is 0 Å². The van der Waals surface area contributed by atoms with E-state index in [0.29, 0.717) is 5.92 Å². The van der Waals surface area contributed by atoms with Crippen molar-refractivity contribution in [2.45, 2.75) is 39.2 Å². The predicted molar refractivity (Wildman–Crippen MR) is 105 cm³/mol. The van der Waals surface area contributed by atoms with Gasteiger partial charge in [-0.3, -0.25) is 0 Å². The van der Waals surface area contributed by atoms with E-state index in [1.54, 1.807) is 0 Å². The predicted octanol–water partition coefficient (Wildman–Crippen LogP) is 5.70. The van der Waals surface area contributed by atoms with Crippen molar-refractivity contribution in [3.05, 3.63) is 65.2 Å². The summed E-state index contributed by atoms with van der Waals surface area (Å²) in [5.41, 5.74) is 10.6. The van der Waals surface area contributed by atoms with E-state index in [2.05, 4.69) is 75.4 Å². The monoisotopic (exact) mass is 315 g/mol. The van der Waals surface area contributed by atoms with Crippen molar-refractivity contribution in [2.75, 3.05) is 0 Å². The maximum absolute atomic E-state index is 6.32. The van der Waals surface area contributed by atoms with E-state index in [0.717, 1.165) is 12.8 Å². The summed E-state index contributed by atoms with van der Waals surface area (Å²) < 4.78 is 0. The molecule has 122 valence electrons. The molecule has 1 nitrogen and oxygen atoms in total. The van der Waals surface area contributed by atoms with Crippen LogP contribution in [0, 0.1) is 5.92 Å². The summed E-state index contributed by atoms with van der Waals surface area (Å²) in [5, 5.41) is 5.50. The molecule has 0 amide bonds. The Balaban J connectivity index is 1.87. The number of benzene rings is 3. The third-order valence-electron chi connectivity index (χ3n) is 5.68. The smallest absolute Gasteiger partial charge is 0.0126 e. The van der Waals surface area contributed by atoms with Gasteiger partial charge in [-0.2, -0.15) is 0 Å². The van der Waals surface area contributed by atoms with E-state index in [1.165, 1.54) is 38.2 Å². The summed E-state index contributed by atoms with van der Waals surface area (Å²) in [7, 11) is 0. The molecule has 0 heterocycles. The molecule has 0 aliphatic heterocycles. The number of rotatable bonds is 3. The van der Waals surface area contributed by atoms with Crippen molar-refractivity contribution in [1.29, 1.82) is 0 Å². The average Bonchev–Trinajstić information content (AvgIpc) is 2.98. The van der Waals surface area contributed by atoms with Gasteiger partial charge in [0.05, 0.1) is 0 Å². The topological polar surface area (TPSA) is 26.0 Å². The molecule has 3 aromatic carbocycles. The molecular formula is C23H25N. The second-order valence-electron chi connectivity index (χ2n) is 7.89. The van der Waals surface area contributed by atoms with Crippen LogP contribution in [0.4, 0.5) is 0 Å². The van der Waals surface area contributed by atoms with Gasteiger partial charge in [0.1, 0.15) is 0 Å². The Morgan fingerprint density at radius 2 is 1.46 bits per heavy atom. The van der Waals surface area contributed by atoms with Gasteiger partial charge in [0.15, 0.2) is 0 Å². The molecule has 0 radical (unpaired) electrons. The minimum atomic E-state index is -0.139. The molecule has 0 fully saturated rings. The van der Waals surface area contributed by atoms with Crippen molar-refractivity contribution >= 4 is 27.6 Å². The van der Waals surface area contributed by atoms with Crippen LogP contribution in [0.3, 0.4) is 0 Å². The number of nitrogens with two attached hydrogens (primary N) is 1. The first kappa shape index (κ1) is 15.4. The van der Waals surface area contributed by atoms with Crippen LogP contribution < -0.4 is 5.73 Å². The first-order valence-electron chi connectivity index (χ1n) is 8.86. The van der Waals surface area contributed by atoms with Gasteiger partial charge in [-0.05, 0) is 65.3 Å². The first-order chi connectivity index (χ1) is 11.4. The van der Waals surface area contributed by atoms with E-state index in [9.17, 15) is 0 Å². The van der Waals surface area contributed by atoms with Crippen LogP contribution in [-0.4, -0.2) is 5.54 Å². The molecule has 0 aromatic heterocycles. The Bertz CT molecular complexity index is 957. The fourth-order valence-corrected chi connectivity index (χ4v) is 3.87. The molecule has 2 N–H and O–H groups in total. The minimum Gasteiger partial charge on any atom is -0.325 e. The van der Waals surface area contributed by atoms with Gasteiger partial charge in [-0.15, -0.1) is 0 Å². The normalized spacial score (nSPS) is 15.6. The molecule has 3 aromatic rings. The molecule has 4 rings (SSSR count). The fourth-order valence-electron chi connectivity index (χ4n) is 3.87. The maximum Gasteiger partial charge on any atom is 0.0126 e. The lowest BCUT2D eigenvalue weighted by molar-refractivity contribution is 0.343. The van der Waals surface area contributed by atoms with Crippen LogP contribution in [0.15, 0.2) is 54.1 Å². The maximum atomic E-state index is 6.32. The van der Waals surface area contributed by atoms with E-state index in [4.69, 9.17) is 5.73 Å². The van der Waals surface area contributed by atoms with Crippen LogP contribution in [0.25, 0.3) is 27.6 Å². The zero-order valence-corrected chi connectivity index (χ0v) is 14.8. The van der Waals surface area contributed by atoms with E-state index in [1.807, 2.05) is 0 Å². The SMILES string of the molecule is CC(CC1=Cc2c(c3ccccc3c3ccccc23)C1)C(C)(C)N. The molecule has 0 saturated heterocycles. The summed E-state index contributed by atoms with van der Waals surface area (Å²) >= 11 is 0. The lowest BCUT2D eigenvalue weighted by atomic mass is 9.84. The van der Waals surface area contributed by atoms with Gasteiger partial charge in [0, 0.05) is 5.54 Å². The van der Waals surface area contributed by atoms with Crippen LogP contribution >= 0.6 is 0 Å². The highest BCUT2D eigenvalue weighted by molar-refractivity contribution is 6.13. The third kappa shape index (κ3) is 2.44. The van der Waals surface area contributed by atoms with E-state index < -0.39 is 0 Å². The quantitative estimate of drug-likeness (QED) is 0.617. The molecule has 1 aliphatic carbocycles. The van der Waals surface area contributed by atoms with Gasteiger partial charge < -0.3 is 5.73 Å². The van der Waals surface area contributed by atoms with Crippen LogP contribution in [0.1, 0.15) is 38.3 Å². The first-order valence-corrected chi connectivity index (χ1v) is 8.86. The molecule has 0 spiro atoms. The number of allylic oxidation sites excluding steroid dienone is 1. The van der Waals surface area contributed by atoms with Crippen molar-refractivity contribution in [2.24, 2.45) is 11.7 Å². The van der Waals surface area contributed by atoms with Crippen LogP contribution in [0.2, 0.25) is 0 Å². The summed E-state index contributed by atoms with van der Waals surface area (Å²) in [4.78, 5) is 0. The zero-order valence-electron chi connectivity index (χ0n) is 14.8. The largest absolute Gasteiger partial charge is 0.325 e. The Labute approximate surface area is 144 Å². The number of hydrogen-bond donors (Lipinski definition) is 1. The summed E-state index contributed by atoms with van der Waals surface area (Å²) in [5.74, 6) is 0.468. The third-order valence-corrected chi connectivity index (χ3v) is 5.68. The molecule has 1 unspecified atom stereocenters. The Hall–Kier alpha value is -2.12. The highest BCUT2D eigenvalue weighted by atomic mass is 14.7. The molecular weight excluding hydrogens is 290 g/mol. The second-order valence-corrected chi connectivity index (χ2v) is 7.89. The summed E-state index contributed by atoms with van der Waals surface area (Å²) in [6.45, 7) is 6.52. The van der Waals surface area contributed by atoms with Gasteiger partial charge >= 0.3 is 0 Å². The zero-order chi connectivity index (χ0) is 16.9. The summed E-state index contributed by atoms with van der Waals surface area (Å²) in [6, 6.07) is 17.6. The van der Waals surface area contributed by atoms with Crippen molar-refractivity contribution in [3.63, 3.8) is 0 Å². The summed E-state index contributed by atoms with van der Waals surface area (Å²) in [6.07, 6.45) is 4.55. The number of hydrogen-bond acceptors (Lipinski definition) is 1. The molecule has 1 aliphatic rings. The molecule has 0 bridgehead atoms. The van der Waals surface area contributed by atoms with E-state index >= 15 is 0 Å². The highest BCUT2D eigenvalue weighted by Gasteiger charge is 2.25. The molecule has 0 saturated carbocycles. The van der Waals surface area contributed by atoms with Gasteiger partial charge in [0.2, 0.25) is 0 Å². The molecule has 1 heteroatoms. The lowest BCUT2D eigenvalue weighted by Gasteiger charge is -2.27. The van der Waals surface area contributed by atoms with Crippen LogP contribution in [0.5, 0.6) is 0 Å². The van der Waals surface area contributed by atoms with Crippen LogP contribution in [-0.2, 0) is 6.42 Å². The van der Waals surface area contributed by atoms with Gasteiger partial charge in [0.25, 0.3) is 0 Å². The number of fused-ring (bicyclic) bond motifs is 6. The standard InChI is InChI=1S/C23H25N/c1-15(23(2,3)24)12-16-13-21-19-10-6-4-8-17(19)18-9-5-7-11-20(18)22(21)14-16/h4-11,13,15H,12,14,24H2,1-3H3. The van der Waals surface area contributed by atoms with Crippen molar-refractivity contribution in [1.82, 2.24) is 0 Å². The Kier molecular flexibility index (Phi) is 3.51. The Morgan fingerprint density at radius 3 is 2.08 bits per heavy atom. The molecule has 24 heavy (non-hydrogen) atoms. The van der Waals surface area contributed by atoms with Gasteiger partial charge in [-0.1, -0.05) is 67.1 Å². The second kappa shape index (κ2) is 5.46. The van der Waals surface area contributed by atoms with E-state index in [-0.39, 0.29) is 5.54 Å². The minimum absolute atomic E-state index is 0.139. The fraction of sp³-hybridized carbons (Fsp3) is 0.304.